The average molecular weight is 492 g/mol. The number of carbonyl (C=O) groups excluding carboxylic acids is 1. The third-order valence-electron chi connectivity index (χ3n) is 3.86. The number of nitrogens with zero attached hydrogens (tertiary/aromatic N) is 1. The lowest BCUT2D eigenvalue weighted by atomic mass is 10.2. The van der Waals surface area contributed by atoms with Gasteiger partial charge in [-0.1, -0.05) is 41.4 Å². The van der Waals surface area contributed by atoms with Gasteiger partial charge in [0.05, 0.1) is 12.2 Å². The van der Waals surface area contributed by atoms with Gasteiger partial charge < -0.3 is 10.1 Å². The number of benzene rings is 2. The predicted octanol–water partition coefficient (Wildman–Crippen LogP) is 7.20. The molecule has 0 aliphatic rings. The van der Waals surface area contributed by atoms with Crippen LogP contribution in [-0.4, -0.2) is 18.7 Å². The second-order valence-corrected chi connectivity index (χ2v) is 8.99. The highest BCUT2D eigenvalue weighted by Gasteiger charge is 2.13. The van der Waals surface area contributed by atoms with Crippen LogP contribution in [0.2, 0.25) is 5.02 Å². The molecular weight excluding hydrogens is 472 g/mol. The molecule has 150 valence electrons. The number of hydrogen-bond acceptors (Lipinski definition) is 4. The monoisotopic (exact) mass is 490 g/mol. The molecule has 1 aromatic heterocycles. The molecule has 3 rings (SSSR count). The molecule has 2 aromatic carbocycles. The third kappa shape index (κ3) is 6.16. The van der Waals surface area contributed by atoms with Crippen molar-refractivity contribution in [3.63, 3.8) is 0 Å². The van der Waals surface area contributed by atoms with Crippen LogP contribution in [0, 0.1) is 5.92 Å². The summed E-state index contributed by atoms with van der Waals surface area (Å²) in [5, 5.41) is 5.96. The average Bonchev–Trinajstić information content (AvgIpc) is 3.16. The van der Waals surface area contributed by atoms with E-state index in [2.05, 4.69) is 40.1 Å². The van der Waals surface area contributed by atoms with Crippen molar-refractivity contribution in [1.29, 1.82) is 0 Å². The largest absolute Gasteiger partial charge is 0.493 e. The van der Waals surface area contributed by atoms with Crippen LogP contribution in [-0.2, 0) is 0 Å². The Hall–Kier alpha value is -2.15. The summed E-state index contributed by atoms with van der Waals surface area (Å²) >= 11 is 10.8. The third-order valence-corrected chi connectivity index (χ3v) is 5.42. The van der Waals surface area contributed by atoms with E-state index in [0.717, 1.165) is 15.8 Å². The van der Waals surface area contributed by atoms with Gasteiger partial charge in [-0.2, -0.15) is 0 Å². The van der Waals surface area contributed by atoms with Crippen molar-refractivity contribution in [2.75, 3.05) is 11.9 Å². The maximum absolute atomic E-state index is 12.6. The van der Waals surface area contributed by atoms with Crippen molar-refractivity contribution in [2.45, 2.75) is 13.8 Å². The first-order chi connectivity index (χ1) is 13.9. The molecular formula is C22H20BrClN2O2S. The second-order valence-electron chi connectivity index (χ2n) is 6.75. The quantitative estimate of drug-likeness (QED) is 0.355. The molecule has 0 spiro atoms. The summed E-state index contributed by atoms with van der Waals surface area (Å²) in [5.74, 6) is 0.963. The van der Waals surface area contributed by atoms with Gasteiger partial charge in [0.2, 0.25) is 0 Å². The van der Waals surface area contributed by atoms with Crippen molar-refractivity contribution >= 4 is 61.7 Å². The molecule has 0 saturated heterocycles. The van der Waals surface area contributed by atoms with Crippen LogP contribution in [0.3, 0.4) is 0 Å². The second kappa shape index (κ2) is 10.1. The molecule has 4 nitrogen and oxygen atoms in total. The van der Waals surface area contributed by atoms with Gasteiger partial charge in [-0.15, -0.1) is 11.3 Å². The lowest BCUT2D eigenvalue weighted by Gasteiger charge is -2.11. The highest BCUT2D eigenvalue weighted by Crippen LogP contribution is 2.29. The van der Waals surface area contributed by atoms with Crippen molar-refractivity contribution < 1.29 is 9.53 Å². The normalized spacial score (nSPS) is 11.2. The zero-order valence-electron chi connectivity index (χ0n) is 16.0. The standard InChI is InChI=1S/C22H20BrClN2O2S/c1-14(2)13-28-20-8-3-16(23)11-15(20)12-25-22-19(9-10-29-22)21(27)26-18-6-4-17(24)5-7-18/h3-12,14H,13H2,1-2H3,(H,26,27). The van der Waals surface area contributed by atoms with E-state index >= 15 is 0 Å². The molecule has 0 fully saturated rings. The molecule has 0 unspecified atom stereocenters. The van der Waals surface area contributed by atoms with Crippen LogP contribution in [0.25, 0.3) is 0 Å². The minimum absolute atomic E-state index is 0.216. The zero-order chi connectivity index (χ0) is 20.8. The van der Waals surface area contributed by atoms with E-state index in [4.69, 9.17) is 16.3 Å². The minimum Gasteiger partial charge on any atom is -0.493 e. The molecule has 29 heavy (non-hydrogen) atoms. The Morgan fingerprint density at radius 2 is 2.00 bits per heavy atom. The van der Waals surface area contributed by atoms with Gasteiger partial charge in [0.15, 0.2) is 0 Å². The summed E-state index contributed by atoms with van der Waals surface area (Å²) in [7, 11) is 0. The first kappa shape index (κ1) is 21.6. The smallest absolute Gasteiger partial charge is 0.258 e. The summed E-state index contributed by atoms with van der Waals surface area (Å²) in [6.07, 6.45) is 1.73. The van der Waals surface area contributed by atoms with E-state index in [-0.39, 0.29) is 5.91 Å². The summed E-state index contributed by atoms with van der Waals surface area (Å²) in [5.41, 5.74) is 2.04. The fourth-order valence-corrected chi connectivity index (χ4v) is 3.68. The zero-order valence-corrected chi connectivity index (χ0v) is 19.1. The van der Waals surface area contributed by atoms with Crippen LogP contribution in [0.4, 0.5) is 10.7 Å². The first-order valence-electron chi connectivity index (χ1n) is 9.03. The minimum atomic E-state index is -0.216. The molecule has 3 aromatic rings. The molecule has 0 bridgehead atoms. The molecule has 1 heterocycles. The molecule has 1 N–H and O–H groups in total. The lowest BCUT2D eigenvalue weighted by molar-refractivity contribution is 0.102. The van der Waals surface area contributed by atoms with Gasteiger partial charge >= 0.3 is 0 Å². The van der Waals surface area contributed by atoms with Gasteiger partial charge in [-0.25, -0.2) is 4.99 Å². The fraction of sp³-hybridized carbons (Fsp3) is 0.182. The summed E-state index contributed by atoms with van der Waals surface area (Å²) in [6, 6.07) is 14.5. The number of anilines is 1. The molecule has 0 atom stereocenters. The van der Waals surface area contributed by atoms with Crippen LogP contribution >= 0.6 is 38.9 Å². The Morgan fingerprint density at radius 3 is 2.72 bits per heavy atom. The van der Waals surface area contributed by atoms with Gasteiger partial charge in [-0.3, -0.25) is 4.79 Å². The van der Waals surface area contributed by atoms with E-state index in [1.165, 1.54) is 11.3 Å². The highest BCUT2D eigenvalue weighted by molar-refractivity contribution is 9.10. The maximum Gasteiger partial charge on any atom is 0.258 e. The number of thiophene rings is 1. The number of aliphatic imine (C=N–C) groups is 1. The highest BCUT2D eigenvalue weighted by atomic mass is 79.9. The van der Waals surface area contributed by atoms with Crippen molar-refractivity contribution in [1.82, 2.24) is 0 Å². The Kier molecular flexibility index (Phi) is 7.47. The Morgan fingerprint density at radius 1 is 1.24 bits per heavy atom. The Labute approximate surface area is 187 Å². The topological polar surface area (TPSA) is 50.7 Å². The first-order valence-corrected chi connectivity index (χ1v) is 11.1. The molecule has 0 radical (unpaired) electrons. The maximum atomic E-state index is 12.6. The molecule has 1 amide bonds. The number of nitrogens with one attached hydrogen (secondary N) is 1. The van der Waals surface area contributed by atoms with E-state index < -0.39 is 0 Å². The van der Waals surface area contributed by atoms with Crippen LogP contribution in [0.5, 0.6) is 5.75 Å². The van der Waals surface area contributed by atoms with Crippen molar-refractivity contribution in [3.8, 4) is 5.75 Å². The fourth-order valence-electron chi connectivity index (χ4n) is 2.44. The molecule has 7 heteroatoms. The number of hydrogen-bond donors (Lipinski definition) is 1. The summed E-state index contributed by atoms with van der Waals surface area (Å²) in [4.78, 5) is 17.2. The van der Waals surface area contributed by atoms with Crippen LogP contribution in [0.15, 0.2) is 63.4 Å². The number of carbonyl (C=O) groups is 1. The van der Waals surface area contributed by atoms with Crippen molar-refractivity contribution in [3.05, 3.63) is 74.5 Å². The predicted molar refractivity (Wildman–Crippen MR) is 125 cm³/mol. The number of amides is 1. The van der Waals surface area contributed by atoms with Gasteiger partial charge in [-0.05, 0) is 59.8 Å². The molecule has 0 aliphatic heterocycles. The Balaban J connectivity index is 1.79. The van der Waals surface area contributed by atoms with Gasteiger partial charge in [0.1, 0.15) is 10.8 Å². The number of ether oxygens (including phenoxy) is 1. The van der Waals surface area contributed by atoms with Crippen LogP contribution < -0.4 is 10.1 Å². The van der Waals surface area contributed by atoms with E-state index in [1.54, 1.807) is 36.5 Å². The number of halogens is 2. The summed E-state index contributed by atoms with van der Waals surface area (Å²) < 4.78 is 6.82. The van der Waals surface area contributed by atoms with E-state index in [0.29, 0.717) is 33.8 Å². The van der Waals surface area contributed by atoms with Gasteiger partial charge in [0.25, 0.3) is 5.91 Å². The molecule has 0 aliphatic carbocycles. The van der Waals surface area contributed by atoms with Crippen molar-refractivity contribution in [2.24, 2.45) is 10.9 Å². The van der Waals surface area contributed by atoms with E-state index in [1.807, 2.05) is 23.6 Å². The lowest BCUT2D eigenvalue weighted by Crippen LogP contribution is -2.10. The molecule has 0 saturated carbocycles. The summed E-state index contributed by atoms with van der Waals surface area (Å²) in [6.45, 7) is 4.82. The SMILES string of the molecule is CC(C)COc1ccc(Br)cc1C=Nc1sccc1C(=O)Nc1ccc(Cl)cc1. The Bertz CT molecular complexity index is 1020. The van der Waals surface area contributed by atoms with Gasteiger partial charge in [0, 0.05) is 27.0 Å². The van der Waals surface area contributed by atoms with Crippen LogP contribution in [0.1, 0.15) is 29.8 Å². The van der Waals surface area contributed by atoms with E-state index in [9.17, 15) is 4.79 Å². The number of rotatable bonds is 7.